The van der Waals surface area contributed by atoms with Gasteiger partial charge >= 0.3 is 7.60 Å². The lowest BCUT2D eigenvalue weighted by Gasteiger charge is -2.19. The lowest BCUT2D eigenvalue weighted by molar-refractivity contribution is 0.103. The van der Waals surface area contributed by atoms with E-state index in [0.717, 1.165) is 12.7 Å². The second-order valence-corrected chi connectivity index (χ2v) is 10.7. The van der Waals surface area contributed by atoms with Crippen molar-refractivity contribution in [2.75, 3.05) is 26.4 Å². The molecule has 10 heteroatoms. The first-order chi connectivity index (χ1) is 12.3. The number of carbonyl (C=O) groups is 1. The molecule has 0 heterocycles. The van der Waals surface area contributed by atoms with Crippen molar-refractivity contribution >= 4 is 66.7 Å². The van der Waals surface area contributed by atoms with Crippen molar-refractivity contribution in [3.05, 3.63) is 30.4 Å². The molecule has 1 rings (SSSR count). The summed E-state index contributed by atoms with van der Waals surface area (Å²) in [5, 5.41) is 0. The maximum Gasteiger partial charge on any atom is 0.335 e. The molecule has 0 aliphatic carbocycles. The molecule has 26 heavy (non-hydrogen) atoms. The highest BCUT2D eigenvalue weighted by molar-refractivity contribution is 14.1. The number of rotatable bonds is 12. The third kappa shape index (κ3) is 7.35. The van der Waals surface area contributed by atoms with Crippen LogP contribution in [0.2, 0.25) is 0 Å². The largest absolute Gasteiger partial charge is 0.335 e. The molecule has 0 bridgehead atoms. The molecule has 0 N–H and O–H groups in total. The van der Waals surface area contributed by atoms with E-state index in [1.807, 2.05) is 19.9 Å². The summed E-state index contributed by atoms with van der Waals surface area (Å²) in [7, 11) is -4.83. The van der Waals surface area contributed by atoms with E-state index >= 15 is 0 Å². The molecule has 0 amide bonds. The van der Waals surface area contributed by atoms with Gasteiger partial charge in [0.05, 0.1) is 32.6 Å². The van der Waals surface area contributed by atoms with E-state index in [1.54, 1.807) is 19.9 Å². The van der Waals surface area contributed by atoms with Crippen molar-refractivity contribution in [1.29, 1.82) is 0 Å². The molecule has 148 valence electrons. The van der Waals surface area contributed by atoms with E-state index < -0.39 is 16.0 Å². The van der Waals surface area contributed by atoms with Crippen LogP contribution < -0.4 is 0 Å². The molecule has 0 atom stereocenters. The minimum Gasteiger partial charge on any atom is -0.329 e. The summed E-state index contributed by atoms with van der Waals surface area (Å²) in [6.07, 6.45) is 0.170. The zero-order valence-electron chi connectivity index (χ0n) is 15.3. The first kappa shape index (κ1) is 24.9. The lowest BCUT2D eigenvalue weighted by atomic mass is 10.2. The van der Waals surface area contributed by atoms with Crippen LogP contribution >= 0.6 is 61.2 Å². The van der Waals surface area contributed by atoms with Crippen molar-refractivity contribution < 1.29 is 27.5 Å². The SMILES string of the molecule is CCOP(OCC)C(=O)c1cc(I)c(CP(=O)(OCC)OCC)cc1I. The van der Waals surface area contributed by atoms with Gasteiger partial charge in [0.1, 0.15) is 0 Å². The van der Waals surface area contributed by atoms with Crippen LogP contribution in [0.4, 0.5) is 0 Å². The molecule has 0 fully saturated rings. The zero-order chi connectivity index (χ0) is 19.7. The Morgan fingerprint density at radius 1 is 0.962 bits per heavy atom. The highest BCUT2D eigenvalue weighted by Crippen LogP contribution is 2.52. The van der Waals surface area contributed by atoms with Crippen LogP contribution in [0.15, 0.2) is 12.1 Å². The van der Waals surface area contributed by atoms with E-state index in [2.05, 4.69) is 45.2 Å². The van der Waals surface area contributed by atoms with Crippen LogP contribution in [0.1, 0.15) is 43.6 Å². The third-order valence-corrected chi connectivity index (χ3v) is 8.53. The number of carbonyl (C=O) groups excluding carboxylic acids is 1. The van der Waals surface area contributed by atoms with Crippen LogP contribution in [0, 0.1) is 7.14 Å². The summed E-state index contributed by atoms with van der Waals surface area (Å²) in [6, 6.07) is 3.64. The average molecular weight is 628 g/mol. The van der Waals surface area contributed by atoms with Gasteiger partial charge in [0.15, 0.2) is 0 Å². The predicted octanol–water partition coefficient (Wildman–Crippen LogP) is 6.19. The summed E-state index contributed by atoms with van der Waals surface area (Å²) in [5.74, 6) is 0. The highest BCUT2D eigenvalue weighted by atomic mass is 127. The van der Waals surface area contributed by atoms with Crippen LogP contribution in [0.3, 0.4) is 0 Å². The predicted molar refractivity (Wildman–Crippen MR) is 121 cm³/mol. The minimum absolute atomic E-state index is 0.157. The Kier molecular flexibility index (Phi) is 11.9. The molecular weight excluding hydrogens is 604 g/mol. The van der Waals surface area contributed by atoms with Gasteiger partial charge in [-0.2, -0.15) is 0 Å². The summed E-state index contributed by atoms with van der Waals surface area (Å²) in [5.41, 5.74) is 1.22. The first-order valence-electron chi connectivity index (χ1n) is 8.28. The van der Waals surface area contributed by atoms with Crippen molar-refractivity contribution in [1.82, 2.24) is 0 Å². The van der Waals surface area contributed by atoms with Crippen molar-refractivity contribution in [2.45, 2.75) is 33.9 Å². The highest BCUT2D eigenvalue weighted by Gasteiger charge is 2.28. The smallest absolute Gasteiger partial charge is 0.329 e. The van der Waals surface area contributed by atoms with Gasteiger partial charge in [0.25, 0.3) is 0 Å². The summed E-state index contributed by atoms with van der Waals surface area (Å²) in [6.45, 7) is 8.68. The van der Waals surface area contributed by atoms with Gasteiger partial charge in [-0.05, 0) is 90.6 Å². The second kappa shape index (κ2) is 12.4. The van der Waals surface area contributed by atoms with Gasteiger partial charge in [-0.1, -0.05) is 0 Å². The Morgan fingerprint density at radius 3 is 1.96 bits per heavy atom. The van der Waals surface area contributed by atoms with Crippen LogP contribution in [0.5, 0.6) is 0 Å². The molecule has 1 aromatic rings. The van der Waals surface area contributed by atoms with Gasteiger partial charge in [-0.15, -0.1) is 0 Å². The van der Waals surface area contributed by atoms with Crippen LogP contribution in [-0.4, -0.2) is 32.0 Å². The molecule has 0 saturated carbocycles. The Bertz CT molecular complexity index is 640. The molecule has 6 nitrogen and oxygen atoms in total. The number of halogens is 2. The molecule has 0 spiro atoms. The Balaban J connectivity index is 3.14. The minimum atomic E-state index is -3.21. The van der Waals surface area contributed by atoms with E-state index in [9.17, 15) is 9.36 Å². The fourth-order valence-electron chi connectivity index (χ4n) is 2.09. The normalized spacial score (nSPS) is 12.0. The van der Waals surface area contributed by atoms with Gasteiger partial charge in [-0.3, -0.25) is 9.36 Å². The van der Waals surface area contributed by atoms with Crippen LogP contribution in [0.25, 0.3) is 0 Å². The van der Waals surface area contributed by atoms with Crippen molar-refractivity contribution in [3.8, 4) is 0 Å². The first-order valence-corrected chi connectivity index (χ1v) is 13.3. The Hall–Kier alpha value is 0.850. The van der Waals surface area contributed by atoms with Gasteiger partial charge in [0.2, 0.25) is 13.9 Å². The molecule has 0 radical (unpaired) electrons. The molecule has 0 saturated heterocycles. The molecule has 0 unspecified atom stereocenters. The van der Waals surface area contributed by atoms with E-state index in [4.69, 9.17) is 18.1 Å². The van der Waals surface area contributed by atoms with Gasteiger partial charge in [-0.25, -0.2) is 0 Å². The molecule has 0 aliphatic heterocycles. The fourth-order valence-corrected chi connectivity index (χ4v) is 6.92. The summed E-state index contributed by atoms with van der Waals surface area (Å²) in [4.78, 5) is 12.8. The van der Waals surface area contributed by atoms with Crippen molar-refractivity contribution in [3.63, 3.8) is 0 Å². The van der Waals surface area contributed by atoms with E-state index in [1.165, 1.54) is 0 Å². The average Bonchev–Trinajstić information content (AvgIpc) is 2.57. The number of benzene rings is 1. The third-order valence-electron chi connectivity index (χ3n) is 3.04. The number of hydrogen-bond donors (Lipinski definition) is 0. The zero-order valence-corrected chi connectivity index (χ0v) is 21.4. The maximum absolute atomic E-state index is 12.8. The van der Waals surface area contributed by atoms with Gasteiger partial charge < -0.3 is 18.1 Å². The fraction of sp³-hybridized carbons (Fsp3) is 0.562. The van der Waals surface area contributed by atoms with Crippen LogP contribution in [-0.2, 0) is 28.8 Å². The molecular formula is C16H24I2O6P2. The summed E-state index contributed by atoms with van der Waals surface area (Å²) >= 11 is 4.24. The Labute approximate surface area is 183 Å². The monoisotopic (exact) mass is 628 g/mol. The van der Waals surface area contributed by atoms with E-state index in [0.29, 0.717) is 32.0 Å². The molecule has 1 aromatic carbocycles. The molecule has 0 aromatic heterocycles. The standard InChI is InChI=1S/C16H24I2O6P2/c1-5-21-25(22-6-2)16(19)13-10-14(17)12(9-15(13)18)11-26(20,23-7-3)24-8-4/h9-10H,5-8,11H2,1-4H3. The number of hydrogen-bond acceptors (Lipinski definition) is 6. The maximum atomic E-state index is 12.8. The topological polar surface area (TPSA) is 71.1 Å². The Morgan fingerprint density at radius 2 is 1.50 bits per heavy atom. The quantitative estimate of drug-likeness (QED) is 0.203. The lowest BCUT2D eigenvalue weighted by Crippen LogP contribution is -2.07. The summed E-state index contributed by atoms with van der Waals surface area (Å²) < 4.78 is 36.1. The molecule has 0 aliphatic rings. The van der Waals surface area contributed by atoms with Crippen molar-refractivity contribution in [2.24, 2.45) is 0 Å². The second-order valence-electron chi connectivity index (χ2n) is 4.93. The van der Waals surface area contributed by atoms with Gasteiger partial charge in [0, 0.05) is 12.7 Å². The van der Waals surface area contributed by atoms with E-state index in [-0.39, 0.29) is 11.7 Å².